The maximum atomic E-state index is 12.5. The molecule has 1 heterocycles. The van der Waals surface area contributed by atoms with Gasteiger partial charge in [-0.15, -0.1) is 0 Å². The average Bonchev–Trinajstić information content (AvgIpc) is 2.86. The minimum absolute atomic E-state index is 0.0514. The fourth-order valence-corrected chi connectivity index (χ4v) is 2.66. The van der Waals surface area contributed by atoms with Gasteiger partial charge in [0.25, 0.3) is 5.91 Å². The highest BCUT2D eigenvalue weighted by atomic mass is 16.5. The molecule has 23 heavy (non-hydrogen) atoms. The Morgan fingerprint density at radius 1 is 1.09 bits per heavy atom. The van der Waals surface area contributed by atoms with E-state index in [1.54, 1.807) is 37.3 Å². The summed E-state index contributed by atoms with van der Waals surface area (Å²) in [4.78, 5) is 14.0. The van der Waals surface area contributed by atoms with Gasteiger partial charge >= 0.3 is 0 Å². The first-order chi connectivity index (χ1) is 11.2. The fourth-order valence-electron chi connectivity index (χ4n) is 2.66. The van der Waals surface area contributed by atoms with E-state index in [2.05, 4.69) is 5.16 Å². The van der Waals surface area contributed by atoms with E-state index in [1.165, 1.54) is 0 Å². The fraction of sp³-hybridized carbons (Fsp3) is 0.176. The molecule has 0 radical (unpaired) electrons. The highest BCUT2D eigenvalue weighted by Crippen LogP contribution is 2.32. The number of amides is 1. The minimum atomic E-state index is -0.338. The molecule has 2 aromatic carbocycles. The van der Waals surface area contributed by atoms with Gasteiger partial charge in [0.2, 0.25) is 0 Å². The largest absolute Gasteiger partial charge is 0.497 e. The Kier molecular flexibility index (Phi) is 3.89. The zero-order valence-electron chi connectivity index (χ0n) is 12.8. The lowest BCUT2D eigenvalue weighted by molar-refractivity contribution is -0.112. The van der Waals surface area contributed by atoms with Gasteiger partial charge in [0.05, 0.1) is 26.5 Å². The summed E-state index contributed by atoms with van der Waals surface area (Å²) >= 11 is 0. The van der Waals surface area contributed by atoms with Crippen LogP contribution in [0.25, 0.3) is 0 Å². The van der Waals surface area contributed by atoms with E-state index in [-0.39, 0.29) is 11.6 Å². The standard InChI is InChI=1S/C17H16N2O4/c1-22-12-7-11(8-13(9-12)23-2)10-19-15-6-4-3-5-14(15)16(18-21)17(19)20/h3-9,21H,10H2,1-2H3/b18-16-. The molecule has 1 amide bonds. The van der Waals surface area contributed by atoms with Crippen LogP contribution in [0.4, 0.5) is 5.69 Å². The van der Waals surface area contributed by atoms with Crippen LogP contribution in [0.1, 0.15) is 11.1 Å². The number of rotatable bonds is 4. The van der Waals surface area contributed by atoms with Crippen LogP contribution in [0.5, 0.6) is 11.5 Å². The molecule has 1 N–H and O–H groups in total. The van der Waals surface area contributed by atoms with Crippen molar-refractivity contribution >= 4 is 17.3 Å². The number of para-hydroxylation sites is 1. The van der Waals surface area contributed by atoms with Crippen molar-refractivity contribution in [2.75, 3.05) is 19.1 Å². The number of methoxy groups -OCH3 is 2. The molecule has 0 aromatic heterocycles. The number of benzene rings is 2. The van der Waals surface area contributed by atoms with E-state index in [9.17, 15) is 4.79 Å². The third kappa shape index (κ3) is 2.59. The Bertz CT molecular complexity index is 764. The van der Waals surface area contributed by atoms with E-state index < -0.39 is 0 Å². The van der Waals surface area contributed by atoms with Crippen LogP contribution in [0.2, 0.25) is 0 Å². The van der Waals surface area contributed by atoms with Crippen molar-refractivity contribution in [2.45, 2.75) is 6.54 Å². The van der Waals surface area contributed by atoms with Crippen molar-refractivity contribution in [2.24, 2.45) is 5.16 Å². The van der Waals surface area contributed by atoms with Crippen molar-refractivity contribution in [1.82, 2.24) is 0 Å². The van der Waals surface area contributed by atoms with Gasteiger partial charge in [-0.2, -0.15) is 0 Å². The summed E-state index contributed by atoms with van der Waals surface area (Å²) in [6.45, 7) is 0.322. The molecule has 0 atom stereocenters. The Labute approximate surface area is 133 Å². The van der Waals surface area contributed by atoms with Crippen LogP contribution >= 0.6 is 0 Å². The maximum Gasteiger partial charge on any atom is 0.281 e. The van der Waals surface area contributed by atoms with Crippen LogP contribution in [-0.2, 0) is 11.3 Å². The molecule has 6 heteroatoms. The summed E-state index contributed by atoms with van der Waals surface area (Å²) in [5.74, 6) is 0.959. The second-order valence-electron chi connectivity index (χ2n) is 5.08. The zero-order valence-corrected chi connectivity index (χ0v) is 12.8. The Morgan fingerprint density at radius 3 is 2.35 bits per heavy atom. The topological polar surface area (TPSA) is 71.4 Å². The molecule has 0 saturated heterocycles. The summed E-state index contributed by atoms with van der Waals surface area (Å²) in [5, 5.41) is 12.3. The quantitative estimate of drug-likeness (QED) is 0.695. The van der Waals surface area contributed by atoms with E-state index in [0.29, 0.717) is 29.3 Å². The Balaban J connectivity index is 1.99. The monoisotopic (exact) mass is 312 g/mol. The minimum Gasteiger partial charge on any atom is -0.497 e. The SMILES string of the molecule is COc1cc(CN2C(=O)/C(=N\O)c3ccccc32)cc(OC)c1. The first kappa shape index (κ1) is 14.9. The number of ether oxygens (including phenoxy) is 2. The zero-order chi connectivity index (χ0) is 16.4. The summed E-state index contributed by atoms with van der Waals surface area (Å²) in [5.41, 5.74) is 2.24. The van der Waals surface area contributed by atoms with Gasteiger partial charge in [0, 0.05) is 11.6 Å². The number of carbonyl (C=O) groups is 1. The van der Waals surface area contributed by atoms with Gasteiger partial charge in [-0.05, 0) is 23.8 Å². The second-order valence-corrected chi connectivity index (χ2v) is 5.08. The van der Waals surface area contributed by atoms with E-state index in [1.807, 2.05) is 24.3 Å². The van der Waals surface area contributed by atoms with E-state index >= 15 is 0 Å². The number of oxime groups is 1. The normalized spacial score (nSPS) is 15.0. The summed E-state index contributed by atoms with van der Waals surface area (Å²) in [6.07, 6.45) is 0. The third-order valence-corrected chi connectivity index (χ3v) is 3.75. The molecule has 0 bridgehead atoms. The van der Waals surface area contributed by atoms with Gasteiger partial charge in [0.1, 0.15) is 11.5 Å². The molecule has 2 aromatic rings. The Morgan fingerprint density at radius 2 is 1.74 bits per heavy atom. The highest BCUT2D eigenvalue weighted by molar-refractivity contribution is 6.54. The van der Waals surface area contributed by atoms with Gasteiger partial charge in [0.15, 0.2) is 5.71 Å². The number of nitrogens with zero attached hydrogens (tertiary/aromatic N) is 2. The number of fused-ring (bicyclic) bond motifs is 1. The molecule has 0 saturated carbocycles. The summed E-state index contributed by atoms with van der Waals surface area (Å²) in [6, 6.07) is 12.7. The molecule has 1 aliphatic rings. The van der Waals surface area contributed by atoms with E-state index in [4.69, 9.17) is 14.7 Å². The third-order valence-electron chi connectivity index (χ3n) is 3.75. The predicted molar refractivity (Wildman–Crippen MR) is 85.5 cm³/mol. The predicted octanol–water partition coefficient (Wildman–Crippen LogP) is 2.43. The summed E-state index contributed by atoms with van der Waals surface area (Å²) in [7, 11) is 3.15. The maximum absolute atomic E-state index is 12.5. The van der Waals surface area contributed by atoms with Crippen LogP contribution in [0.15, 0.2) is 47.6 Å². The molecule has 0 fully saturated rings. The lowest BCUT2D eigenvalue weighted by Gasteiger charge is -2.18. The van der Waals surface area contributed by atoms with Crippen LogP contribution in [0, 0.1) is 0 Å². The molecular weight excluding hydrogens is 296 g/mol. The van der Waals surface area contributed by atoms with Crippen molar-refractivity contribution in [3.05, 3.63) is 53.6 Å². The first-order valence-corrected chi connectivity index (χ1v) is 7.03. The summed E-state index contributed by atoms with van der Waals surface area (Å²) < 4.78 is 10.5. The lowest BCUT2D eigenvalue weighted by Crippen LogP contribution is -2.29. The van der Waals surface area contributed by atoms with Crippen LogP contribution in [-0.4, -0.2) is 31.0 Å². The molecular formula is C17H16N2O4. The molecule has 0 spiro atoms. The van der Waals surface area contributed by atoms with Gasteiger partial charge in [-0.25, -0.2) is 0 Å². The Hall–Kier alpha value is -3.02. The van der Waals surface area contributed by atoms with Gasteiger partial charge in [-0.1, -0.05) is 23.4 Å². The van der Waals surface area contributed by atoms with Gasteiger partial charge < -0.3 is 19.6 Å². The van der Waals surface area contributed by atoms with Crippen molar-refractivity contribution in [3.63, 3.8) is 0 Å². The van der Waals surface area contributed by atoms with Crippen molar-refractivity contribution in [1.29, 1.82) is 0 Å². The molecule has 3 rings (SSSR count). The van der Waals surface area contributed by atoms with Crippen LogP contribution < -0.4 is 14.4 Å². The van der Waals surface area contributed by atoms with Gasteiger partial charge in [-0.3, -0.25) is 4.79 Å². The number of anilines is 1. The molecule has 118 valence electrons. The smallest absolute Gasteiger partial charge is 0.281 e. The van der Waals surface area contributed by atoms with E-state index in [0.717, 1.165) is 5.56 Å². The van der Waals surface area contributed by atoms with Crippen molar-refractivity contribution < 1.29 is 19.5 Å². The molecule has 1 aliphatic heterocycles. The number of hydrogen-bond acceptors (Lipinski definition) is 5. The highest BCUT2D eigenvalue weighted by Gasteiger charge is 2.34. The molecule has 0 unspecified atom stereocenters. The molecule has 6 nitrogen and oxygen atoms in total. The molecule has 0 aliphatic carbocycles. The van der Waals surface area contributed by atoms with Crippen molar-refractivity contribution in [3.8, 4) is 11.5 Å². The lowest BCUT2D eigenvalue weighted by atomic mass is 10.1. The average molecular weight is 312 g/mol. The second kappa shape index (κ2) is 6.00. The van der Waals surface area contributed by atoms with Crippen LogP contribution in [0.3, 0.4) is 0 Å². The number of carbonyl (C=O) groups excluding carboxylic acids is 1. The first-order valence-electron chi connectivity index (χ1n) is 7.03. The number of hydrogen-bond donors (Lipinski definition) is 1.